The fourth-order valence-electron chi connectivity index (χ4n) is 1.07. The maximum atomic E-state index is 8.30. The lowest BCUT2D eigenvalue weighted by Gasteiger charge is -2.12. The van der Waals surface area contributed by atoms with Crippen LogP contribution in [-0.4, -0.2) is 26.3 Å². The molecular formula is C10H20N2O. The summed E-state index contributed by atoms with van der Waals surface area (Å²) in [5.74, 6) is 0. The average molecular weight is 184 g/mol. The molecular weight excluding hydrogens is 164 g/mol. The normalized spacial score (nSPS) is 12.4. The van der Waals surface area contributed by atoms with Crippen LogP contribution in [0.5, 0.6) is 0 Å². The zero-order chi connectivity index (χ0) is 9.94. The first-order valence-corrected chi connectivity index (χ1v) is 4.90. The summed E-state index contributed by atoms with van der Waals surface area (Å²) in [6.45, 7) is 3.97. The molecule has 1 atom stereocenters. The minimum absolute atomic E-state index is 0.516. The Hall–Kier alpha value is -0.590. The van der Waals surface area contributed by atoms with Crippen LogP contribution in [0.25, 0.3) is 0 Å². The van der Waals surface area contributed by atoms with Gasteiger partial charge in [-0.25, -0.2) is 0 Å². The highest BCUT2D eigenvalue weighted by molar-refractivity contribution is 4.68. The molecule has 0 rings (SSSR count). The van der Waals surface area contributed by atoms with Gasteiger partial charge < -0.3 is 10.1 Å². The molecule has 3 nitrogen and oxygen atoms in total. The Morgan fingerprint density at radius 2 is 2.23 bits per heavy atom. The number of methoxy groups -OCH3 is 1. The van der Waals surface area contributed by atoms with Crippen molar-refractivity contribution >= 4 is 0 Å². The minimum atomic E-state index is 0.516. The Kier molecular flexibility index (Phi) is 9.07. The van der Waals surface area contributed by atoms with E-state index in [4.69, 9.17) is 10.00 Å². The number of rotatable bonds is 8. The van der Waals surface area contributed by atoms with Gasteiger partial charge in [-0.1, -0.05) is 0 Å². The van der Waals surface area contributed by atoms with E-state index < -0.39 is 0 Å². The molecule has 0 aromatic heterocycles. The zero-order valence-electron chi connectivity index (χ0n) is 8.68. The van der Waals surface area contributed by atoms with Gasteiger partial charge in [-0.05, 0) is 32.7 Å². The SMILES string of the molecule is COCCC(C)NCCCCC#N. The van der Waals surface area contributed by atoms with Crippen molar-refractivity contribution in [3.05, 3.63) is 0 Å². The van der Waals surface area contributed by atoms with Crippen molar-refractivity contribution < 1.29 is 4.74 Å². The van der Waals surface area contributed by atoms with Crippen molar-refractivity contribution in [2.24, 2.45) is 0 Å². The van der Waals surface area contributed by atoms with Crippen LogP contribution >= 0.6 is 0 Å². The fraction of sp³-hybridized carbons (Fsp3) is 0.900. The van der Waals surface area contributed by atoms with Crippen molar-refractivity contribution in [1.29, 1.82) is 5.26 Å². The number of nitrogens with one attached hydrogen (secondary N) is 1. The third kappa shape index (κ3) is 9.32. The average Bonchev–Trinajstić information content (AvgIpc) is 2.14. The molecule has 0 amide bonds. The number of unbranched alkanes of at least 4 members (excludes halogenated alkanes) is 2. The van der Waals surface area contributed by atoms with E-state index >= 15 is 0 Å². The second kappa shape index (κ2) is 9.50. The first-order chi connectivity index (χ1) is 6.31. The van der Waals surface area contributed by atoms with Gasteiger partial charge in [0.1, 0.15) is 0 Å². The Labute approximate surface area is 81.1 Å². The van der Waals surface area contributed by atoms with Crippen LogP contribution in [0.3, 0.4) is 0 Å². The van der Waals surface area contributed by atoms with Crippen LogP contribution < -0.4 is 5.32 Å². The van der Waals surface area contributed by atoms with Crippen LogP contribution in [0.15, 0.2) is 0 Å². The molecule has 0 bridgehead atoms. The second-order valence-electron chi connectivity index (χ2n) is 3.25. The van der Waals surface area contributed by atoms with Gasteiger partial charge >= 0.3 is 0 Å². The highest BCUT2D eigenvalue weighted by atomic mass is 16.5. The summed E-state index contributed by atoms with van der Waals surface area (Å²) >= 11 is 0. The van der Waals surface area contributed by atoms with Gasteiger partial charge in [0.15, 0.2) is 0 Å². The summed E-state index contributed by atoms with van der Waals surface area (Å²) in [6, 6.07) is 2.66. The lowest BCUT2D eigenvalue weighted by molar-refractivity contribution is 0.185. The lowest BCUT2D eigenvalue weighted by atomic mass is 10.2. The van der Waals surface area contributed by atoms with Crippen molar-refractivity contribution in [1.82, 2.24) is 5.32 Å². The van der Waals surface area contributed by atoms with E-state index in [0.29, 0.717) is 12.5 Å². The summed E-state index contributed by atoms with van der Waals surface area (Å²) in [5.41, 5.74) is 0. The molecule has 0 aromatic carbocycles. The number of hydrogen-bond acceptors (Lipinski definition) is 3. The molecule has 1 N–H and O–H groups in total. The van der Waals surface area contributed by atoms with E-state index in [-0.39, 0.29) is 0 Å². The zero-order valence-corrected chi connectivity index (χ0v) is 8.68. The predicted molar refractivity (Wildman–Crippen MR) is 53.4 cm³/mol. The lowest BCUT2D eigenvalue weighted by Crippen LogP contribution is -2.28. The molecule has 0 aliphatic carbocycles. The Morgan fingerprint density at radius 3 is 2.85 bits per heavy atom. The summed E-state index contributed by atoms with van der Waals surface area (Å²) in [5, 5.41) is 11.7. The second-order valence-corrected chi connectivity index (χ2v) is 3.25. The third-order valence-electron chi connectivity index (χ3n) is 1.96. The van der Waals surface area contributed by atoms with E-state index in [1.54, 1.807) is 7.11 Å². The quantitative estimate of drug-likeness (QED) is 0.584. The largest absolute Gasteiger partial charge is 0.385 e. The van der Waals surface area contributed by atoms with Gasteiger partial charge in [0.05, 0.1) is 6.07 Å². The molecule has 76 valence electrons. The van der Waals surface area contributed by atoms with Gasteiger partial charge in [-0.2, -0.15) is 5.26 Å². The molecule has 0 aromatic rings. The van der Waals surface area contributed by atoms with E-state index in [0.717, 1.165) is 32.4 Å². The monoisotopic (exact) mass is 184 g/mol. The van der Waals surface area contributed by atoms with Gasteiger partial charge in [0.2, 0.25) is 0 Å². The van der Waals surface area contributed by atoms with Crippen molar-refractivity contribution in [3.8, 4) is 6.07 Å². The fourth-order valence-corrected chi connectivity index (χ4v) is 1.07. The number of hydrogen-bond donors (Lipinski definition) is 1. The van der Waals surface area contributed by atoms with Crippen LogP contribution in [-0.2, 0) is 4.74 Å². The third-order valence-corrected chi connectivity index (χ3v) is 1.96. The highest BCUT2D eigenvalue weighted by Gasteiger charge is 1.98. The number of nitriles is 1. The Balaban J connectivity index is 3.08. The smallest absolute Gasteiger partial charge is 0.0621 e. The summed E-state index contributed by atoms with van der Waals surface area (Å²) < 4.78 is 4.97. The molecule has 0 aliphatic heterocycles. The van der Waals surface area contributed by atoms with Crippen molar-refractivity contribution in [2.75, 3.05) is 20.3 Å². The molecule has 0 saturated carbocycles. The van der Waals surface area contributed by atoms with E-state index in [1.165, 1.54) is 0 Å². The molecule has 3 heteroatoms. The van der Waals surface area contributed by atoms with Gasteiger partial charge in [-0.15, -0.1) is 0 Å². The maximum Gasteiger partial charge on any atom is 0.0621 e. The predicted octanol–water partition coefficient (Wildman–Crippen LogP) is 1.69. The molecule has 0 radical (unpaired) electrons. The van der Waals surface area contributed by atoms with E-state index in [9.17, 15) is 0 Å². The van der Waals surface area contributed by atoms with Gasteiger partial charge in [0, 0.05) is 26.2 Å². The van der Waals surface area contributed by atoms with Crippen LogP contribution in [0.1, 0.15) is 32.6 Å². The standard InChI is InChI=1S/C10H20N2O/c1-10(6-9-13-2)12-8-5-3-4-7-11/h10,12H,3-6,8-9H2,1-2H3. The van der Waals surface area contributed by atoms with Gasteiger partial charge in [0.25, 0.3) is 0 Å². The first kappa shape index (κ1) is 12.4. The van der Waals surface area contributed by atoms with E-state index in [2.05, 4.69) is 18.3 Å². The first-order valence-electron chi connectivity index (χ1n) is 4.90. The Morgan fingerprint density at radius 1 is 1.46 bits per heavy atom. The van der Waals surface area contributed by atoms with Crippen LogP contribution in [0.2, 0.25) is 0 Å². The molecule has 13 heavy (non-hydrogen) atoms. The summed E-state index contributed by atoms with van der Waals surface area (Å²) in [4.78, 5) is 0. The maximum absolute atomic E-state index is 8.30. The number of nitrogens with zero attached hydrogens (tertiary/aromatic N) is 1. The minimum Gasteiger partial charge on any atom is -0.385 e. The molecule has 0 spiro atoms. The number of ether oxygens (including phenoxy) is 1. The summed E-state index contributed by atoms with van der Waals surface area (Å²) in [7, 11) is 1.72. The van der Waals surface area contributed by atoms with Crippen LogP contribution in [0, 0.1) is 11.3 Å². The van der Waals surface area contributed by atoms with E-state index in [1.807, 2.05) is 0 Å². The Bertz CT molecular complexity index is 142. The van der Waals surface area contributed by atoms with Crippen molar-refractivity contribution in [2.45, 2.75) is 38.6 Å². The highest BCUT2D eigenvalue weighted by Crippen LogP contribution is 1.94. The van der Waals surface area contributed by atoms with Gasteiger partial charge in [-0.3, -0.25) is 0 Å². The van der Waals surface area contributed by atoms with Crippen molar-refractivity contribution in [3.63, 3.8) is 0 Å². The molecule has 1 unspecified atom stereocenters. The van der Waals surface area contributed by atoms with Crippen LogP contribution in [0.4, 0.5) is 0 Å². The molecule has 0 heterocycles. The molecule has 0 aliphatic rings. The molecule has 0 fully saturated rings. The molecule has 0 saturated heterocycles. The summed E-state index contributed by atoms with van der Waals surface area (Å²) in [6.07, 6.45) is 3.81. The topological polar surface area (TPSA) is 45.0 Å².